The number of primary amides is 1. The summed E-state index contributed by atoms with van der Waals surface area (Å²) < 4.78 is 5.52. The molecular formula is C9H15N3O2. The smallest absolute Gasteiger partial charge is 0.332 e. The third kappa shape index (κ3) is 3.08. The molecule has 0 bridgehead atoms. The Morgan fingerprint density at radius 1 is 1.79 bits per heavy atom. The van der Waals surface area contributed by atoms with Crippen LogP contribution in [0.3, 0.4) is 0 Å². The number of carbonyl (C=O) groups is 1. The van der Waals surface area contributed by atoms with Crippen LogP contribution >= 0.6 is 0 Å². The van der Waals surface area contributed by atoms with Gasteiger partial charge in [-0.3, -0.25) is 0 Å². The summed E-state index contributed by atoms with van der Waals surface area (Å²) >= 11 is 0. The molecule has 3 N–H and O–H groups in total. The van der Waals surface area contributed by atoms with Crippen LogP contribution in [0, 0.1) is 0 Å². The number of amides is 2. The Morgan fingerprint density at radius 2 is 2.50 bits per heavy atom. The maximum atomic E-state index is 10.4. The molecule has 1 unspecified atom stereocenters. The zero-order valence-electron chi connectivity index (χ0n) is 8.41. The molecule has 0 aliphatic carbocycles. The number of urea groups is 1. The van der Waals surface area contributed by atoms with Crippen LogP contribution in [0.15, 0.2) is 16.9 Å². The lowest BCUT2D eigenvalue weighted by atomic mass is 10.1. The average molecular weight is 197 g/mol. The van der Waals surface area contributed by atoms with E-state index in [9.17, 15) is 4.79 Å². The van der Waals surface area contributed by atoms with Crippen molar-refractivity contribution in [3.8, 4) is 0 Å². The van der Waals surface area contributed by atoms with Gasteiger partial charge in [0.1, 0.15) is 6.10 Å². The lowest BCUT2D eigenvalue weighted by Crippen LogP contribution is -2.30. The largest absolute Gasteiger partial charge is 0.489 e. The summed E-state index contributed by atoms with van der Waals surface area (Å²) in [6.45, 7) is 3.71. The van der Waals surface area contributed by atoms with Crippen LogP contribution in [0.2, 0.25) is 0 Å². The number of nitrogens with zero attached hydrogens (tertiary/aromatic N) is 1. The lowest BCUT2D eigenvalue weighted by molar-refractivity contribution is 0.148. The quantitative estimate of drug-likeness (QED) is 0.514. The van der Waals surface area contributed by atoms with Crippen molar-refractivity contribution in [1.29, 1.82) is 0 Å². The van der Waals surface area contributed by atoms with Crippen LogP contribution in [-0.4, -0.2) is 17.8 Å². The van der Waals surface area contributed by atoms with Crippen LogP contribution in [0.4, 0.5) is 4.79 Å². The Balaban J connectivity index is 2.52. The molecule has 0 aromatic heterocycles. The van der Waals surface area contributed by atoms with Gasteiger partial charge in [0.2, 0.25) is 0 Å². The Labute approximate surface area is 83.0 Å². The molecule has 0 aromatic carbocycles. The van der Waals surface area contributed by atoms with Crippen LogP contribution < -0.4 is 11.2 Å². The van der Waals surface area contributed by atoms with E-state index in [2.05, 4.69) is 10.5 Å². The first-order chi connectivity index (χ1) is 6.59. The number of allylic oxidation sites excluding steroid dienone is 2. The second-order valence-corrected chi connectivity index (χ2v) is 3.23. The second kappa shape index (κ2) is 4.64. The summed E-state index contributed by atoms with van der Waals surface area (Å²) in [6, 6.07) is -0.660. The standard InChI is InChI=1S/C9H15N3O2/c1-6-4-3-5-8(14-6)7(2)11-12-9(10)13/h4,8H,3,5H2,1-2H3,(H3,10,12,13)/b11-7+. The van der Waals surface area contributed by atoms with Crippen molar-refractivity contribution >= 4 is 11.7 Å². The van der Waals surface area contributed by atoms with Gasteiger partial charge in [-0.2, -0.15) is 5.10 Å². The second-order valence-electron chi connectivity index (χ2n) is 3.23. The summed E-state index contributed by atoms with van der Waals surface area (Å²) in [7, 11) is 0. The fourth-order valence-electron chi connectivity index (χ4n) is 1.28. The van der Waals surface area contributed by atoms with E-state index in [-0.39, 0.29) is 6.10 Å². The number of nitrogens with two attached hydrogens (primary N) is 1. The molecule has 2 amide bonds. The zero-order chi connectivity index (χ0) is 10.6. The van der Waals surface area contributed by atoms with E-state index in [4.69, 9.17) is 10.5 Å². The van der Waals surface area contributed by atoms with Crippen molar-refractivity contribution in [1.82, 2.24) is 5.43 Å². The molecule has 5 nitrogen and oxygen atoms in total. The van der Waals surface area contributed by atoms with E-state index in [0.29, 0.717) is 0 Å². The maximum Gasteiger partial charge on any atom is 0.332 e. The summed E-state index contributed by atoms with van der Waals surface area (Å²) in [5.74, 6) is 0.898. The van der Waals surface area contributed by atoms with Crippen LogP contribution in [0.1, 0.15) is 26.7 Å². The fraction of sp³-hybridized carbons (Fsp3) is 0.556. The molecule has 1 aliphatic rings. The summed E-state index contributed by atoms with van der Waals surface area (Å²) in [6.07, 6.45) is 3.84. The number of rotatable bonds is 2. The Bertz CT molecular complexity index is 284. The van der Waals surface area contributed by atoms with Crippen molar-refractivity contribution in [2.24, 2.45) is 10.8 Å². The molecule has 1 heterocycles. The monoisotopic (exact) mass is 197 g/mol. The van der Waals surface area contributed by atoms with Crippen LogP contribution in [0.25, 0.3) is 0 Å². The third-order valence-electron chi connectivity index (χ3n) is 2.00. The number of ether oxygens (including phenoxy) is 1. The molecule has 78 valence electrons. The van der Waals surface area contributed by atoms with E-state index in [0.717, 1.165) is 24.3 Å². The highest BCUT2D eigenvalue weighted by molar-refractivity contribution is 5.87. The minimum absolute atomic E-state index is 0.0492. The topological polar surface area (TPSA) is 76.7 Å². The highest BCUT2D eigenvalue weighted by Crippen LogP contribution is 2.17. The highest BCUT2D eigenvalue weighted by atomic mass is 16.5. The van der Waals surface area contributed by atoms with Crippen molar-refractivity contribution in [2.75, 3.05) is 0 Å². The molecule has 1 rings (SSSR count). The molecule has 0 radical (unpaired) electrons. The zero-order valence-corrected chi connectivity index (χ0v) is 8.41. The molecule has 1 aliphatic heterocycles. The lowest BCUT2D eigenvalue weighted by Gasteiger charge is -2.22. The van der Waals surface area contributed by atoms with Crippen molar-refractivity contribution < 1.29 is 9.53 Å². The van der Waals surface area contributed by atoms with Crippen molar-refractivity contribution in [3.05, 3.63) is 11.8 Å². The molecular weight excluding hydrogens is 182 g/mol. The number of hydrogen-bond acceptors (Lipinski definition) is 3. The van der Waals surface area contributed by atoms with Gasteiger partial charge < -0.3 is 10.5 Å². The van der Waals surface area contributed by atoms with Gasteiger partial charge >= 0.3 is 6.03 Å². The Morgan fingerprint density at radius 3 is 3.07 bits per heavy atom. The minimum Gasteiger partial charge on any atom is -0.489 e. The SMILES string of the molecule is CC1=CCCC(/C(C)=N/NC(N)=O)O1. The van der Waals surface area contributed by atoms with Gasteiger partial charge in [-0.15, -0.1) is 0 Å². The molecule has 0 saturated heterocycles. The molecule has 0 fully saturated rings. The summed E-state index contributed by atoms with van der Waals surface area (Å²) in [4.78, 5) is 10.4. The predicted octanol–water partition coefficient (Wildman–Crippen LogP) is 1.11. The van der Waals surface area contributed by atoms with Crippen molar-refractivity contribution in [2.45, 2.75) is 32.8 Å². The van der Waals surface area contributed by atoms with Gasteiger partial charge in [0, 0.05) is 0 Å². The summed E-state index contributed by atoms with van der Waals surface area (Å²) in [5, 5.41) is 3.82. The first-order valence-electron chi connectivity index (χ1n) is 4.52. The average Bonchev–Trinajstić information content (AvgIpc) is 2.14. The highest BCUT2D eigenvalue weighted by Gasteiger charge is 2.17. The minimum atomic E-state index is -0.660. The van der Waals surface area contributed by atoms with Gasteiger partial charge in [-0.05, 0) is 32.8 Å². The van der Waals surface area contributed by atoms with E-state index in [1.165, 1.54) is 0 Å². The maximum absolute atomic E-state index is 10.4. The number of carbonyl (C=O) groups excluding carboxylic acids is 1. The predicted molar refractivity (Wildman–Crippen MR) is 53.7 cm³/mol. The molecule has 1 atom stereocenters. The molecule has 0 spiro atoms. The molecule has 0 aromatic rings. The first kappa shape index (κ1) is 10.6. The number of hydrogen-bond donors (Lipinski definition) is 2. The normalized spacial score (nSPS) is 22.3. The van der Waals surface area contributed by atoms with Gasteiger partial charge in [0.15, 0.2) is 0 Å². The Kier molecular flexibility index (Phi) is 3.50. The molecule has 5 heteroatoms. The number of hydrazone groups is 1. The van der Waals surface area contributed by atoms with Gasteiger partial charge in [-0.1, -0.05) is 0 Å². The summed E-state index contributed by atoms with van der Waals surface area (Å²) in [5.41, 5.74) is 7.81. The van der Waals surface area contributed by atoms with Gasteiger partial charge in [-0.25, -0.2) is 10.2 Å². The van der Waals surface area contributed by atoms with Gasteiger partial charge in [0.05, 0.1) is 11.5 Å². The van der Waals surface area contributed by atoms with Crippen molar-refractivity contribution in [3.63, 3.8) is 0 Å². The third-order valence-corrected chi connectivity index (χ3v) is 2.00. The Hall–Kier alpha value is -1.52. The fourth-order valence-corrected chi connectivity index (χ4v) is 1.28. The van der Waals surface area contributed by atoms with E-state index in [1.807, 2.05) is 13.0 Å². The van der Waals surface area contributed by atoms with Crippen LogP contribution in [-0.2, 0) is 4.74 Å². The first-order valence-corrected chi connectivity index (χ1v) is 4.52. The molecule has 0 saturated carbocycles. The molecule has 14 heavy (non-hydrogen) atoms. The van der Waals surface area contributed by atoms with E-state index < -0.39 is 6.03 Å². The number of nitrogens with one attached hydrogen (secondary N) is 1. The van der Waals surface area contributed by atoms with E-state index in [1.54, 1.807) is 6.92 Å². The van der Waals surface area contributed by atoms with Crippen LogP contribution in [0.5, 0.6) is 0 Å². The van der Waals surface area contributed by atoms with Gasteiger partial charge in [0.25, 0.3) is 0 Å². The van der Waals surface area contributed by atoms with E-state index >= 15 is 0 Å².